The molecule has 96 valence electrons. The number of aliphatic carboxylic acids is 1. The van der Waals surface area contributed by atoms with E-state index in [4.69, 9.17) is 5.73 Å². The zero-order valence-electron chi connectivity index (χ0n) is 10.1. The Bertz CT molecular complexity index is 330. The van der Waals surface area contributed by atoms with Gasteiger partial charge in [-0.25, -0.2) is 4.79 Å². The lowest BCUT2D eigenvalue weighted by Gasteiger charge is -2.25. The predicted octanol–water partition coefficient (Wildman–Crippen LogP) is 0.435. The minimum atomic E-state index is -0.863. The normalized spacial score (nSPS) is 33.5. The summed E-state index contributed by atoms with van der Waals surface area (Å²) in [5.74, 6) is -0.433. The maximum absolute atomic E-state index is 12.0. The number of carboxylic acid groups (broad SMARTS) is 1. The lowest BCUT2D eigenvalue weighted by molar-refractivity contribution is -0.149. The fourth-order valence-corrected chi connectivity index (χ4v) is 3.27. The number of nitrogens with zero attached hydrogens (tertiary/aromatic N) is 1. The molecule has 2 fully saturated rings. The van der Waals surface area contributed by atoms with Crippen LogP contribution in [0.25, 0.3) is 0 Å². The lowest BCUT2D eigenvalue weighted by atomic mass is 9.94. The van der Waals surface area contributed by atoms with Crippen LogP contribution < -0.4 is 5.73 Å². The highest BCUT2D eigenvalue weighted by Gasteiger charge is 2.49. The number of carbonyl (C=O) groups excluding carboxylic acids is 1. The maximum atomic E-state index is 12.0. The van der Waals surface area contributed by atoms with Crippen molar-refractivity contribution < 1.29 is 14.7 Å². The smallest absolute Gasteiger partial charge is 0.326 e. The van der Waals surface area contributed by atoms with E-state index in [1.54, 1.807) is 11.8 Å². The van der Waals surface area contributed by atoms with Gasteiger partial charge in [0.05, 0.1) is 0 Å². The van der Waals surface area contributed by atoms with Crippen LogP contribution in [0.2, 0.25) is 0 Å². The average molecular weight is 240 g/mol. The Morgan fingerprint density at radius 2 is 2.18 bits per heavy atom. The summed E-state index contributed by atoms with van der Waals surface area (Å²) in [5.41, 5.74) is 5.60. The molecule has 0 aromatic carbocycles. The number of rotatable bonds is 3. The van der Waals surface area contributed by atoms with Crippen LogP contribution in [0.4, 0.5) is 0 Å². The van der Waals surface area contributed by atoms with Gasteiger partial charge in [0, 0.05) is 19.0 Å². The highest BCUT2D eigenvalue weighted by atomic mass is 16.4. The van der Waals surface area contributed by atoms with E-state index in [2.05, 4.69) is 0 Å². The molecule has 0 aromatic heterocycles. The molecule has 1 heterocycles. The van der Waals surface area contributed by atoms with Crippen LogP contribution in [0.5, 0.6) is 0 Å². The van der Waals surface area contributed by atoms with Gasteiger partial charge >= 0.3 is 5.97 Å². The minimum absolute atomic E-state index is 0.109. The summed E-state index contributed by atoms with van der Waals surface area (Å²) in [4.78, 5) is 24.8. The van der Waals surface area contributed by atoms with E-state index in [1.807, 2.05) is 0 Å². The number of fused-ring (bicyclic) bond motifs is 1. The van der Waals surface area contributed by atoms with E-state index in [0.717, 1.165) is 19.3 Å². The molecule has 5 heteroatoms. The van der Waals surface area contributed by atoms with Gasteiger partial charge in [0.2, 0.25) is 5.91 Å². The summed E-state index contributed by atoms with van der Waals surface area (Å²) in [6.07, 6.45) is 3.32. The molecule has 0 aromatic rings. The van der Waals surface area contributed by atoms with Crippen LogP contribution in [0.3, 0.4) is 0 Å². The Labute approximate surface area is 101 Å². The average Bonchev–Trinajstić information content (AvgIpc) is 2.72. The van der Waals surface area contributed by atoms with Gasteiger partial charge in [-0.3, -0.25) is 4.79 Å². The van der Waals surface area contributed by atoms with Gasteiger partial charge in [-0.05, 0) is 31.6 Å². The Balaban J connectivity index is 2.11. The van der Waals surface area contributed by atoms with E-state index < -0.39 is 12.0 Å². The van der Waals surface area contributed by atoms with Gasteiger partial charge in [0.25, 0.3) is 0 Å². The number of carbonyl (C=O) groups is 2. The van der Waals surface area contributed by atoms with Crippen molar-refractivity contribution in [1.29, 1.82) is 0 Å². The molecule has 17 heavy (non-hydrogen) atoms. The molecular weight excluding hydrogens is 220 g/mol. The molecule has 0 radical (unpaired) electrons. The number of hydrogen-bond acceptors (Lipinski definition) is 3. The fraction of sp³-hybridized carbons (Fsp3) is 0.833. The first-order chi connectivity index (χ1) is 8.00. The summed E-state index contributed by atoms with van der Waals surface area (Å²) in [7, 11) is 0. The Morgan fingerprint density at radius 1 is 1.47 bits per heavy atom. The molecule has 1 amide bonds. The summed E-state index contributed by atoms with van der Waals surface area (Å²) in [6, 6.07) is -0.828. The topological polar surface area (TPSA) is 83.6 Å². The second kappa shape index (κ2) is 4.64. The molecule has 0 bridgehead atoms. The number of hydrogen-bond donors (Lipinski definition) is 2. The maximum Gasteiger partial charge on any atom is 0.326 e. The van der Waals surface area contributed by atoms with Crippen LogP contribution in [0.1, 0.15) is 32.6 Å². The zero-order valence-corrected chi connectivity index (χ0v) is 10.1. The van der Waals surface area contributed by atoms with Crippen molar-refractivity contribution in [2.45, 2.75) is 44.7 Å². The molecule has 1 saturated heterocycles. The van der Waals surface area contributed by atoms with Gasteiger partial charge in [0.15, 0.2) is 0 Å². The molecule has 1 aliphatic carbocycles. The molecule has 2 aliphatic rings. The molecule has 1 aliphatic heterocycles. The van der Waals surface area contributed by atoms with E-state index in [1.165, 1.54) is 0 Å². The predicted molar refractivity (Wildman–Crippen MR) is 62.2 cm³/mol. The summed E-state index contributed by atoms with van der Waals surface area (Å²) in [5, 5.41) is 9.29. The number of likely N-dealkylation sites (tertiary alicyclic amines) is 1. The van der Waals surface area contributed by atoms with Gasteiger partial charge in [-0.15, -0.1) is 0 Å². The van der Waals surface area contributed by atoms with Crippen molar-refractivity contribution in [2.24, 2.45) is 17.6 Å². The molecule has 5 nitrogen and oxygen atoms in total. The van der Waals surface area contributed by atoms with Gasteiger partial charge in [0.1, 0.15) is 6.04 Å². The van der Waals surface area contributed by atoms with Crippen LogP contribution >= 0.6 is 0 Å². The Morgan fingerprint density at radius 3 is 2.76 bits per heavy atom. The lowest BCUT2D eigenvalue weighted by Crippen LogP contribution is -2.44. The molecule has 4 atom stereocenters. The van der Waals surface area contributed by atoms with Gasteiger partial charge in [-0.1, -0.05) is 6.42 Å². The van der Waals surface area contributed by atoms with Crippen LogP contribution in [-0.4, -0.2) is 40.5 Å². The van der Waals surface area contributed by atoms with Crippen molar-refractivity contribution in [3.63, 3.8) is 0 Å². The highest BCUT2D eigenvalue weighted by molar-refractivity contribution is 5.85. The first kappa shape index (κ1) is 12.4. The number of nitrogens with two attached hydrogens (primary N) is 1. The fourth-order valence-electron chi connectivity index (χ4n) is 3.27. The Kier molecular flexibility index (Phi) is 3.38. The monoisotopic (exact) mass is 240 g/mol. The van der Waals surface area contributed by atoms with Crippen molar-refractivity contribution in [1.82, 2.24) is 4.90 Å². The third-order valence-corrected chi connectivity index (χ3v) is 3.96. The highest BCUT2D eigenvalue weighted by Crippen LogP contribution is 2.42. The second-order valence-corrected chi connectivity index (χ2v) is 5.37. The first-order valence-corrected chi connectivity index (χ1v) is 6.28. The molecule has 4 unspecified atom stereocenters. The standard InChI is InChI=1S/C12H20N2O3/c1-7(13)5-10(15)14-6-8-3-2-4-9(8)11(14)12(16)17/h7-9,11H,2-6,13H2,1H3,(H,16,17). The van der Waals surface area contributed by atoms with Gasteiger partial charge in [-0.2, -0.15) is 0 Å². The Hall–Kier alpha value is -1.10. The first-order valence-electron chi connectivity index (χ1n) is 6.28. The van der Waals surface area contributed by atoms with Crippen LogP contribution in [0.15, 0.2) is 0 Å². The van der Waals surface area contributed by atoms with Crippen LogP contribution in [-0.2, 0) is 9.59 Å². The van der Waals surface area contributed by atoms with E-state index in [9.17, 15) is 14.7 Å². The third-order valence-electron chi connectivity index (χ3n) is 3.96. The van der Waals surface area contributed by atoms with E-state index in [-0.39, 0.29) is 24.3 Å². The SMILES string of the molecule is CC(N)CC(=O)N1CC2CCCC2C1C(=O)O. The molecule has 1 saturated carbocycles. The second-order valence-electron chi connectivity index (χ2n) is 5.37. The van der Waals surface area contributed by atoms with Crippen molar-refractivity contribution in [2.75, 3.05) is 6.54 Å². The van der Waals surface area contributed by atoms with E-state index in [0.29, 0.717) is 12.5 Å². The van der Waals surface area contributed by atoms with Crippen molar-refractivity contribution in [3.8, 4) is 0 Å². The number of amides is 1. The number of carboxylic acids is 1. The quantitative estimate of drug-likeness (QED) is 0.749. The summed E-state index contributed by atoms with van der Waals surface area (Å²) >= 11 is 0. The molecule has 3 N–H and O–H groups in total. The third kappa shape index (κ3) is 2.29. The molecule has 2 rings (SSSR count). The largest absolute Gasteiger partial charge is 0.480 e. The summed E-state index contributed by atoms with van der Waals surface area (Å²) in [6.45, 7) is 2.37. The molecular formula is C12H20N2O3. The van der Waals surface area contributed by atoms with Gasteiger partial charge < -0.3 is 15.7 Å². The molecule has 0 spiro atoms. The van der Waals surface area contributed by atoms with E-state index >= 15 is 0 Å². The van der Waals surface area contributed by atoms with Crippen LogP contribution in [0, 0.1) is 11.8 Å². The van der Waals surface area contributed by atoms with Crippen molar-refractivity contribution >= 4 is 11.9 Å². The summed E-state index contributed by atoms with van der Waals surface area (Å²) < 4.78 is 0. The minimum Gasteiger partial charge on any atom is -0.480 e. The zero-order chi connectivity index (χ0) is 12.6. The van der Waals surface area contributed by atoms with Crippen molar-refractivity contribution in [3.05, 3.63) is 0 Å².